The number of urea groups is 1. The summed E-state index contributed by atoms with van der Waals surface area (Å²) < 4.78 is 0. The Morgan fingerprint density at radius 2 is 1.60 bits per heavy atom. The lowest BCUT2D eigenvalue weighted by Gasteiger charge is -2.13. The van der Waals surface area contributed by atoms with E-state index in [9.17, 15) is 9.59 Å². The van der Waals surface area contributed by atoms with E-state index < -0.39 is 0 Å². The van der Waals surface area contributed by atoms with Crippen molar-refractivity contribution in [3.05, 3.63) is 59.7 Å². The maximum atomic E-state index is 12.6. The van der Waals surface area contributed by atoms with Crippen LogP contribution in [0.5, 0.6) is 0 Å². The van der Waals surface area contributed by atoms with E-state index in [2.05, 4.69) is 22.0 Å². The molecular weight excluding hydrogens is 314 g/mol. The highest BCUT2D eigenvalue weighted by Gasteiger charge is 2.28. The number of carbonyl (C=O) groups excluding carboxylic acids is 2. The van der Waals surface area contributed by atoms with Crippen molar-refractivity contribution < 1.29 is 9.59 Å². The average molecular weight is 337 g/mol. The van der Waals surface area contributed by atoms with E-state index in [4.69, 9.17) is 0 Å². The summed E-state index contributed by atoms with van der Waals surface area (Å²) in [6.45, 7) is 3.80. The van der Waals surface area contributed by atoms with E-state index in [0.29, 0.717) is 5.69 Å². The highest BCUT2D eigenvalue weighted by atomic mass is 16.2. The lowest BCUT2D eigenvalue weighted by atomic mass is 10.0. The summed E-state index contributed by atoms with van der Waals surface area (Å²) >= 11 is 0. The molecule has 3 rings (SSSR count). The summed E-state index contributed by atoms with van der Waals surface area (Å²) in [5.41, 5.74) is 3.80. The van der Waals surface area contributed by atoms with Crippen molar-refractivity contribution in [2.75, 3.05) is 10.6 Å². The fourth-order valence-corrected chi connectivity index (χ4v) is 3.13. The number of amides is 3. The van der Waals surface area contributed by atoms with Crippen LogP contribution in [0.15, 0.2) is 48.5 Å². The molecule has 5 heteroatoms. The standard InChI is InChI=1S/C20H23N3O2/c1-13(2)21-20(25)23-16-10-8-15(9-11-16)22-19(24)18-12-7-14-5-3-4-6-17(14)18/h3-6,8-11,13,18H,7,12H2,1-2H3,(H,22,24)(H2,21,23,25). The summed E-state index contributed by atoms with van der Waals surface area (Å²) in [5, 5.41) is 8.49. The smallest absolute Gasteiger partial charge is 0.319 e. The Balaban J connectivity index is 1.60. The Bertz CT molecular complexity index is 769. The van der Waals surface area contributed by atoms with Crippen LogP contribution in [0, 0.1) is 0 Å². The van der Waals surface area contributed by atoms with E-state index in [0.717, 1.165) is 24.1 Å². The molecule has 1 atom stereocenters. The minimum atomic E-state index is -0.241. The van der Waals surface area contributed by atoms with Crippen LogP contribution in [-0.2, 0) is 11.2 Å². The topological polar surface area (TPSA) is 70.2 Å². The van der Waals surface area contributed by atoms with Gasteiger partial charge in [0, 0.05) is 17.4 Å². The first-order chi connectivity index (χ1) is 12.0. The maximum Gasteiger partial charge on any atom is 0.319 e. The number of hydrogen-bond donors (Lipinski definition) is 3. The molecule has 0 spiro atoms. The van der Waals surface area contributed by atoms with Crippen LogP contribution in [0.25, 0.3) is 0 Å². The summed E-state index contributed by atoms with van der Waals surface area (Å²) in [6.07, 6.45) is 1.79. The first kappa shape index (κ1) is 17.0. The van der Waals surface area contributed by atoms with Crippen molar-refractivity contribution in [3.63, 3.8) is 0 Å². The molecule has 1 aliphatic rings. The summed E-state index contributed by atoms with van der Waals surface area (Å²) in [6, 6.07) is 15.1. The molecule has 0 heterocycles. The van der Waals surface area contributed by atoms with Crippen LogP contribution in [0.1, 0.15) is 37.3 Å². The molecule has 0 saturated heterocycles. The second-order valence-corrected chi connectivity index (χ2v) is 6.61. The first-order valence-electron chi connectivity index (χ1n) is 8.59. The minimum absolute atomic E-state index is 0.0169. The Morgan fingerprint density at radius 3 is 2.28 bits per heavy atom. The summed E-state index contributed by atoms with van der Waals surface area (Å²) in [7, 11) is 0. The molecule has 0 aliphatic heterocycles. The highest BCUT2D eigenvalue weighted by molar-refractivity contribution is 5.97. The molecule has 130 valence electrons. The van der Waals surface area contributed by atoms with Crippen molar-refractivity contribution in [2.24, 2.45) is 0 Å². The van der Waals surface area contributed by atoms with Gasteiger partial charge in [-0.2, -0.15) is 0 Å². The Labute approximate surface area is 147 Å². The van der Waals surface area contributed by atoms with Crippen molar-refractivity contribution >= 4 is 23.3 Å². The zero-order valence-electron chi connectivity index (χ0n) is 14.5. The molecule has 3 amide bonds. The molecule has 1 unspecified atom stereocenters. The summed E-state index contributed by atoms with van der Waals surface area (Å²) in [5.74, 6) is -0.0750. The van der Waals surface area contributed by atoms with Gasteiger partial charge in [0.15, 0.2) is 0 Å². The van der Waals surface area contributed by atoms with Gasteiger partial charge in [0.25, 0.3) is 0 Å². The molecule has 0 bridgehead atoms. The first-order valence-corrected chi connectivity index (χ1v) is 8.59. The van der Waals surface area contributed by atoms with E-state index in [1.807, 2.05) is 32.0 Å². The zero-order chi connectivity index (χ0) is 17.8. The number of benzene rings is 2. The van der Waals surface area contributed by atoms with Gasteiger partial charge in [-0.25, -0.2) is 4.79 Å². The van der Waals surface area contributed by atoms with Crippen LogP contribution >= 0.6 is 0 Å². The predicted molar refractivity (Wildman–Crippen MR) is 99.9 cm³/mol. The Kier molecular flexibility index (Phi) is 5.03. The molecule has 0 fully saturated rings. The fraction of sp³-hybridized carbons (Fsp3) is 0.300. The molecular formula is C20H23N3O2. The molecule has 2 aromatic rings. The lowest BCUT2D eigenvalue weighted by molar-refractivity contribution is -0.117. The second-order valence-electron chi connectivity index (χ2n) is 6.61. The fourth-order valence-electron chi connectivity index (χ4n) is 3.13. The van der Waals surface area contributed by atoms with Gasteiger partial charge in [0.1, 0.15) is 0 Å². The van der Waals surface area contributed by atoms with E-state index in [1.165, 1.54) is 5.56 Å². The molecule has 5 nitrogen and oxygen atoms in total. The Hall–Kier alpha value is -2.82. The third-order valence-electron chi connectivity index (χ3n) is 4.28. The predicted octanol–water partition coefficient (Wildman–Crippen LogP) is 3.89. The average Bonchev–Trinajstić information content (AvgIpc) is 3.00. The monoisotopic (exact) mass is 337 g/mol. The molecule has 0 saturated carbocycles. The minimum Gasteiger partial charge on any atom is -0.336 e. The van der Waals surface area contributed by atoms with Gasteiger partial charge in [0.05, 0.1) is 5.92 Å². The normalized spacial score (nSPS) is 15.6. The van der Waals surface area contributed by atoms with E-state index in [1.54, 1.807) is 24.3 Å². The number of anilines is 2. The number of aryl methyl sites for hydroxylation is 1. The number of hydrogen-bond acceptors (Lipinski definition) is 2. The third-order valence-corrected chi connectivity index (χ3v) is 4.28. The second kappa shape index (κ2) is 7.38. The van der Waals surface area contributed by atoms with Crippen molar-refractivity contribution in [1.29, 1.82) is 0 Å². The van der Waals surface area contributed by atoms with Gasteiger partial charge in [-0.15, -0.1) is 0 Å². The van der Waals surface area contributed by atoms with Crippen molar-refractivity contribution in [1.82, 2.24) is 5.32 Å². The van der Waals surface area contributed by atoms with Crippen LogP contribution in [0.3, 0.4) is 0 Å². The Morgan fingerprint density at radius 1 is 0.960 bits per heavy atom. The van der Waals surface area contributed by atoms with Gasteiger partial charge >= 0.3 is 6.03 Å². The third kappa shape index (κ3) is 4.18. The lowest BCUT2D eigenvalue weighted by Crippen LogP contribution is -2.34. The molecule has 1 aliphatic carbocycles. The SMILES string of the molecule is CC(C)NC(=O)Nc1ccc(NC(=O)C2CCc3ccccc32)cc1. The van der Waals surface area contributed by atoms with Crippen molar-refractivity contribution in [2.45, 2.75) is 38.6 Å². The maximum absolute atomic E-state index is 12.6. The molecule has 3 N–H and O–H groups in total. The molecule has 25 heavy (non-hydrogen) atoms. The number of rotatable bonds is 4. The van der Waals surface area contributed by atoms with Gasteiger partial charge < -0.3 is 16.0 Å². The summed E-state index contributed by atoms with van der Waals surface area (Å²) in [4.78, 5) is 24.3. The quantitative estimate of drug-likeness (QED) is 0.792. The largest absolute Gasteiger partial charge is 0.336 e. The van der Waals surface area contributed by atoms with E-state index in [-0.39, 0.29) is 23.9 Å². The number of carbonyl (C=O) groups is 2. The van der Waals surface area contributed by atoms with Gasteiger partial charge in [0.2, 0.25) is 5.91 Å². The van der Waals surface area contributed by atoms with Crippen LogP contribution in [-0.4, -0.2) is 18.0 Å². The number of fused-ring (bicyclic) bond motifs is 1. The van der Waals surface area contributed by atoms with Gasteiger partial charge in [-0.05, 0) is 62.1 Å². The molecule has 2 aromatic carbocycles. The van der Waals surface area contributed by atoms with Gasteiger partial charge in [-0.1, -0.05) is 24.3 Å². The number of nitrogens with one attached hydrogen (secondary N) is 3. The van der Waals surface area contributed by atoms with Crippen molar-refractivity contribution in [3.8, 4) is 0 Å². The van der Waals surface area contributed by atoms with E-state index >= 15 is 0 Å². The van der Waals surface area contributed by atoms with Gasteiger partial charge in [-0.3, -0.25) is 4.79 Å². The highest BCUT2D eigenvalue weighted by Crippen LogP contribution is 2.33. The van der Waals surface area contributed by atoms with Crippen LogP contribution < -0.4 is 16.0 Å². The van der Waals surface area contributed by atoms with Crippen LogP contribution in [0.2, 0.25) is 0 Å². The zero-order valence-corrected chi connectivity index (χ0v) is 14.5. The molecule has 0 aromatic heterocycles. The molecule has 0 radical (unpaired) electrons. The van der Waals surface area contributed by atoms with Crippen LogP contribution in [0.4, 0.5) is 16.2 Å².